The molecule has 0 radical (unpaired) electrons. The molecule has 0 saturated carbocycles. The predicted octanol–water partition coefficient (Wildman–Crippen LogP) is 25.7. The molecular formula is C85H166O17P2. The fourth-order valence-electron chi connectivity index (χ4n) is 13.2. The van der Waals surface area contributed by atoms with Crippen molar-refractivity contribution in [2.45, 2.75) is 465 Å². The minimum atomic E-state index is -4.97. The minimum Gasteiger partial charge on any atom is -0.462 e. The highest BCUT2D eigenvalue weighted by atomic mass is 31.2. The second-order valence-corrected chi connectivity index (χ2v) is 34.7. The number of phosphoric acid groups is 2. The molecule has 3 N–H and O–H groups in total. The number of carbonyl (C=O) groups is 4. The number of phosphoric ester groups is 2. The molecular weight excluding hydrogens is 1350 g/mol. The first kappa shape index (κ1) is 102. The van der Waals surface area contributed by atoms with E-state index in [4.69, 9.17) is 37.0 Å². The number of esters is 4. The van der Waals surface area contributed by atoms with E-state index >= 15 is 0 Å². The quantitative estimate of drug-likeness (QED) is 0.0222. The van der Waals surface area contributed by atoms with Crippen LogP contribution in [-0.2, 0) is 65.4 Å². The van der Waals surface area contributed by atoms with Gasteiger partial charge in [0.25, 0.3) is 0 Å². The third-order valence-corrected chi connectivity index (χ3v) is 22.1. The molecule has 0 aliphatic rings. The summed E-state index contributed by atoms with van der Waals surface area (Å²) in [5, 5.41) is 10.7. The van der Waals surface area contributed by atoms with Crippen LogP contribution in [0.15, 0.2) is 0 Å². The largest absolute Gasteiger partial charge is 0.472 e. The van der Waals surface area contributed by atoms with E-state index in [0.29, 0.717) is 25.7 Å². The van der Waals surface area contributed by atoms with Gasteiger partial charge in [0, 0.05) is 25.7 Å². The number of carbonyl (C=O) groups excluding carboxylic acids is 4. The number of hydrogen-bond acceptors (Lipinski definition) is 15. The number of hydrogen-bond donors (Lipinski definition) is 3. The third kappa shape index (κ3) is 76.8. The van der Waals surface area contributed by atoms with E-state index in [1.165, 1.54) is 257 Å². The van der Waals surface area contributed by atoms with Gasteiger partial charge in [-0.25, -0.2) is 9.13 Å². The molecule has 0 aromatic heterocycles. The molecule has 0 rings (SSSR count). The van der Waals surface area contributed by atoms with E-state index in [2.05, 4.69) is 48.5 Å². The van der Waals surface area contributed by atoms with E-state index in [9.17, 15) is 43.2 Å². The summed E-state index contributed by atoms with van der Waals surface area (Å²) in [7, 11) is -9.92. The summed E-state index contributed by atoms with van der Waals surface area (Å²) in [5.41, 5.74) is 0. The normalized spacial score (nSPS) is 14.2. The molecule has 0 aromatic carbocycles. The Morgan fingerprint density at radius 2 is 0.490 bits per heavy atom. The van der Waals surface area contributed by atoms with Gasteiger partial charge in [-0.1, -0.05) is 395 Å². The maximum atomic E-state index is 13.1. The van der Waals surface area contributed by atoms with Crippen molar-refractivity contribution in [2.75, 3.05) is 39.6 Å². The van der Waals surface area contributed by atoms with Gasteiger partial charge in [0.15, 0.2) is 12.2 Å². The Hall–Kier alpha value is -1.94. The molecule has 0 aliphatic heterocycles. The van der Waals surface area contributed by atoms with Crippen LogP contribution < -0.4 is 0 Å². The van der Waals surface area contributed by atoms with Crippen LogP contribution in [-0.4, -0.2) is 96.7 Å². The van der Waals surface area contributed by atoms with E-state index in [-0.39, 0.29) is 25.7 Å². The summed E-state index contributed by atoms with van der Waals surface area (Å²) >= 11 is 0. The van der Waals surface area contributed by atoms with Gasteiger partial charge in [0.1, 0.15) is 19.3 Å². The lowest BCUT2D eigenvalue weighted by Crippen LogP contribution is -2.30. The van der Waals surface area contributed by atoms with Crippen molar-refractivity contribution < 1.29 is 80.2 Å². The van der Waals surface area contributed by atoms with Crippen LogP contribution in [0.4, 0.5) is 0 Å². The molecule has 3 unspecified atom stereocenters. The number of unbranched alkanes of at least 4 members (excludes halogenated alkanes) is 50. The zero-order valence-corrected chi connectivity index (χ0v) is 70.3. The van der Waals surface area contributed by atoms with Gasteiger partial charge in [-0.2, -0.15) is 0 Å². The first-order valence-corrected chi connectivity index (χ1v) is 46.9. The SMILES string of the molecule is CCCCCCCCCCCC(=O)OC[C@H](COP(=O)(O)OC[C@H](O)COP(=O)(O)OC[C@@H](COC(=O)CCCCCCCCCCCCCCCCCC(C)C)OC(=O)CCCCCCCCCCCCCCCCCCCCC(C)CC)OC(=O)CCCCCCCCCCCCCCC(C)C. The van der Waals surface area contributed by atoms with Crippen molar-refractivity contribution in [3.63, 3.8) is 0 Å². The van der Waals surface area contributed by atoms with Crippen molar-refractivity contribution in [3.05, 3.63) is 0 Å². The lowest BCUT2D eigenvalue weighted by molar-refractivity contribution is -0.161. The topological polar surface area (TPSA) is 237 Å². The minimum absolute atomic E-state index is 0.107. The van der Waals surface area contributed by atoms with Crippen molar-refractivity contribution in [2.24, 2.45) is 17.8 Å². The predicted molar refractivity (Wildman–Crippen MR) is 428 cm³/mol. The van der Waals surface area contributed by atoms with Crippen LogP contribution in [0.1, 0.15) is 447 Å². The fraction of sp³-hybridized carbons (Fsp3) is 0.953. The van der Waals surface area contributed by atoms with Crippen LogP contribution in [0.3, 0.4) is 0 Å². The number of ether oxygens (including phenoxy) is 4. The molecule has 0 spiro atoms. The van der Waals surface area contributed by atoms with E-state index < -0.39 is 97.5 Å². The molecule has 618 valence electrons. The van der Waals surface area contributed by atoms with Gasteiger partial charge >= 0.3 is 39.5 Å². The van der Waals surface area contributed by atoms with Crippen molar-refractivity contribution in [1.29, 1.82) is 0 Å². The Bertz CT molecular complexity index is 2010. The maximum Gasteiger partial charge on any atom is 0.472 e. The molecule has 0 fully saturated rings. The number of rotatable bonds is 83. The van der Waals surface area contributed by atoms with Gasteiger partial charge in [0.2, 0.25) is 0 Å². The molecule has 0 aliphatic carbocycles. The van der Waals surface area contributed by atoms with E-state index in [1.807, 2.05) is 0 Å². The zero-order chi connectivity index (χ0) is 76.5. The first-order valence-electron chi connectivity index (χ1n) is 43.9. The van der Waals surface area contributed by atoms with Crippen LogP contribution >= 0.6 is 15.6 Å². The lowest BCUT2D eigenvalue weighted by atomic mass is 9.99. The van der Waals surface area contributed by atoms with Crippen LogP contribution in [0.5, 0.6) is 0 Å². The van der Waals surface area contributed by atoms with Gasteiger partial charge in [0.05, 0.1) is 26.4 Å². The van der Waals surface area contributed by atoms with Crippen molar-refractivity contribution in [3.8, 4) is 0 Å². The van der Waals surface area contributed by atoms with Crippen LogP contribution in [0.2, 0.25) is 0 Å². The average molecular weight is 1520 g/mol. The summed E-state index contributed by atoms with van der Waals surface area (Å²) < 4.78 is 68.8. The average Bonchev–Trinajstić information content (AvgIpc) is 0.910. The highest BCUT2D eigenvalue weighted by Crippen LogP contribution is 2.45. The monoisotopic (exact) mass is 1520 g/mol. The van der Waals surface area contributed by atoms with Crippen LogP contribution in [0.25, 0.3) is 0 Å². The Balaban J connectivity index is 5.21. The van der Waals surface area contributed by atoms with E-state index in [1.54, 1.807) is 0 Å². The van der Waals surface area contributed by atoms with Gasteiger partial charge in [-0.15, -0.1) is 0 Å². The highest BCUT2D eigenvalue weighted by molar-refractivity contribution is 7.47. The molecule has 19 heteroatoms. The Morgan fingerprint density at radius 1 is 0.279 bits per heavy atom. The molecule has 0 amide bonds. The molecule has 0 saturated heterocycles. The Morgan fingerprint density at radius 3 is 0.731 bits per heavy atom. The Kier molecular flexibility index (Phi) is 73.7. The summed E-state index contributed by atoms with van der Waals surface area (Å²) in [5.74, 6) is 0.347. The van der Waals surface area contributed by atoms with Gasteiger partial charge < -0.3 is 33.8 Å². The van der Waals surface area contributed by atoms with E-state index in [0.717, 1.165) is 108 Å². The summed E-state index contributed by atoms with van der Waals surface area (Å²) in [6.45, 7) is 12.1. The van der Waals surface area contributed by atoms with Crippen molar-refractivity contribution >= 4 is 39.5 Å². The molecule has 0 aromatic rings. The zero-order valence-electron chi connectivity index (χ0n) is 68.5. The van der Waals surface area contributed by atoms with Gasteiger partial charge in [-0.05, 0) is 43.4 Å². The highest BCUT2D eigenvalue weighted by Gasteiger charge is 2.30. The second-order valence-electron chi connectivity index (χ2n) is 31.8. The van der Waals surface area contributed by atoms with Gasteiger partial charge in [-0.3, -0.25) is 37.3 Å². The maximum absolute atomic E-state index is 13.1. The second kappa shape index (κ2) is 75.1. The fourth-order valence-corrected chi connectivity index (χ4v) is 14.7. The third-order valence-electron chi connectivity index (χ3n) is 20.2. The summed E-state index contributed by atoms with van der Waals surface area (Å²) in [6, 6.07) is 0. The molecule has 6 atom stereocenters. The molecule has 0 heterocycles. The smallest absolute Gasteiger partial charge is 0.462 e. The lowest BCUT2D eigenvalue weighted by Gasteiger charge is -2.21. The van der Waals surface area contributed by atoms with Crippen LogP contribution in [0, 0.1) is 17.8 Å². The molecule has 104 heavy (non-hydrogen) atoms. The standard InChI is InChI=1S/C85H166O17P2/c1-8-10-11-12-13-35-45-52-59-66-82(87)95-72-80(101-85(90)69-62-55-48-41-34-28-27-30-37-43-50-57-64-77(5)6)74-99-103(91,92)97-70-79(86)71-98-104(93,94)100-75-81(73-96-83(88)67-60-53-46-39-32-25-22-18-19-23-29-36-42-49-56-63-76(3)4)102-84(89)68-61-54-47-40-33-26-21-17-15-14-16-20-24-31-38-44-51-58-65-78(7)9-2/h76-81,86H,8-75H2,1-7H3,(H,91,92)(H,93,94)/t78?,79-,80+,81+/m0/s1. The first-order chi connectivity index (χ1) is 50.3. The summed E-state index contributed by atoms with van der Waals surface area (Å²) in [6.07, 6.45) is 65.2. The number of aliphatic hydroxyl groups is 1. The van der Waals surface area contributed by atoms with Crippen molar-refractivity contribution in [1.82, 2.24) is 0 Å². The molecule has 17 nitrogen and oxygen atoms in total. The summed E-state index contributed by atoms with van der Waals surface area (Å²) in [4.78, 5) is 73.1. The number of aliphatic hydroxyl groups excluding tert-OH is 1. The Labute approximate surface area is 638 Å². The molecule has 0 bridgehead atoms.